The average molecular weight is 269 g/mol. The van der Waals surface area contributed by atoms with Gasteiger partial charge in [0.05, 0.1) is 0 Å². The van der Waals surface area contributed by atoms with Crippen molar-refractivity contribution in [1.29, 1.82) is 0 Å². The summed E-state index contributed by atoms with van der Waals surface area (Å²) < 4.78 is 0. The molecule has 5 nitrogen and oxygen atoms in total. The Morgan fingerprint density at radius 2 is 2.29 bits per heavy atom. The molecule has 17 heavy (non-hydrogen) atoms. The first-order chi connectivity index (χ1) is 8.19. The number of pyridine rings is 1. The zero-order valence-electron chi connectivity index (χ0n) is 8.68. The van der Waals surface area contributed by atoms with E-state index in [0.29, 0.717) is 28.2 Å². The van der Waals surface area contributed by atoms with E-state index in [1.165, 1.54) is 11.3 Å². The fourth-order valence-electron chi connectivity index (χ4n) is 1.17. The molecule has 2 rings (SSSR count). The van der Waals surface area contributed by atoms with Crippen LogP contribution >= 0.6 is 22.9 Å². The highest BCUT2D eigenvalue weighted by atomic mass is 35.5. The van der Waals surface area contributed by atoms with Gasteiger partial charge in [0.1, 0.15) is 21.7 Å². The van der Waals surface area contributed by atoms with Crippen LogP contribution in [0.15, 0.2) is 23.6 Å². The second-order valence-corrected chi connectivity index (χ2v) is 4.46. The van der Waals surface area contributed by atoms with E-state index < -0.39 is 0 Å². The summed E-state index contributed by atoms with van der Waals surface area (Å²) in [5, 5.41) is 5.30. The van der Waals surface area contributed by atoms with Crippen molar-refractivity contribution < 1.29 is 4.79 Å². The van der Waals surface area contributed by atoms with Crippen LogP contribution in [0.2, 0.25) is 5.15 Å². The van der Waals surface area contributed by atoms with Crippen molar-refractivity contribution in [1.82, 2.24) is 9.97 Å². The Morgan fingerprint density at radius 1 is 1.47 bits per heavy atom. The highest BCUT2D eigenvalue weighted by Crippen LogP contribution is 2.13. The minimum Gasteiger partial charge on any atom is -0.325 e. The Labute approximate surface area is 107 Å². The predicted molar refractivity (Wildman–Crippen MR) is 67.2 cm³/mol. The Hall–Kier alpha value is -1.50. The standard InChI is InChI=1S/C10H9ClN4OS/c11-7-2-1-3-8(14-7)15-10(16)6-5-17-9(4-12)13-6/h1-3,5H,4,12H2,(H,14,15,16). The minimum absolute atomic E-state index is 0.323. The molecule has 2 heterocycles. The fraction of sp³-hybridized carbons (Fsp3) is 0.100. The zero-order valence-corrected chi connectivity index (χ0v) is 10.3. The van der Waals surface area contributed by atoms with E-state index in [4.69, 9.17) is 17.3 Å². The van der Waals surface area contributed by atoms with Crippen molar-refractivity contribution in [3.63, 3.8) is 0 Å². The number of amides is 1. The molecule has 0 aromatic carbocycles. The molecule has 0 saturated heterocycles. The lowest BCUT2D eigenvalue weighted by atomic mass is 10.4. The number of hydrogen-bond acceptors (Lipinski definition) is 5. The third kappa shape index (κ3) is 3.00. The first-order valence-corrected chi connectivity index (χ1v) is 6.03. The molecule has 7 heteroatoms. The molecule has 0 fully saturated rings. The number of nitrogens with two attached hydrogens (primary N) is 1. The molecule has 0 unspecified atom stereocenters. The third-order valence-corrected chi connectivity index (χ3v) is 3.00. The molecule has 0 bridgehead atoms. The Balaban J connectivity index is 2.11. The van der Waals surface area contributed by atoms with Crippen molar-refractivity contribution in [3.05, 3.63) is 39.4 Å². The van der Waals surface area contributed by atoms with E-state index in [0.717, 1.165) is 0 Å². The summed E-state index contributed by atoms with van der Waals surface area (Å²) in [5.74, 6) is 0.0699. The second kappa shape index (κ2) is 5.22. The number of aromatic nitrogens is 2. The monoisotopic (exact) mass is 268 g/mol. The van der Waals surface area contributed by atoms with Gasteiger partial charge in [0, 0.05) is 11.9 Å². The van der Waals surface area contributed by atoms with Crippen LogP contribution in [-0.2, 0) is 6.54 Å². The van der Waals surface area contributed by atoms with Crippen LogP contribution in [0.1, 0.15) is 15.5 Å². The number of carbonyl (C=O) groups excluding carboxylic acids is 1. The lowest BCUT2D eigenvalue weighted by molar-refractivity contribution is 0.102. The Kier molecular flexibility index (Phi) is 3.68. The molecule has 0 atom stereocenters. The number of rotatable bonds is 3. The van der Waals surface area contributed by atoms with E-state index in [-0.39, 0.29) is 5.91 Å². The third-order valence-electron chi connectivity index (χ3n) is 1.92. The van der Waals surface area contributed by atoms with Gasteiger partial charge in [-0.15, -0.1) is 11.3 Å². The first kappa shape index (κ1) is 12.0. The highest BCUT2D eigenvalue weighted by molar-refractivity contribution is 7.09. The predicted octanol–water partition coefficient (Wildman–Crippen LogP) is 1.90. The second-order valence-electron chi connectivity index (χ2n) is 3.13. The average Bonchev–Trinajstić information content (AvgIpc) is 2.77. The smallest absolute Gasteiger partial charge is 0.276 e. The lowest BCUT2D eigenvalue weighted by Crippen LogP contribution is -2.13. The molecular formula is C10H9ClN4OS. The Bertz CT molecular complexity index is 543. The quantitative estimate of drug-likeness (QED) is 0.833. The molecule has 2 aromatic heterocycles. The highest BCUT2D eigenvalue weighted by Gasteiger charge is 2.10. The van der Waals surface area contributed by atoms with Crippen LogP contribution in [0, 0.1) is 0 Å². The maximum absolute atomic E-state index is 11.8. The molecule has 0 spiro atoms. The van der Waals surface area contributed by atoms with Gasteiger partial charge in [-0.1, -0.05) is 17.7 Å². The summed E-state index contributed by atoms with van der Waals surface area (Å²) in [6.45, 7) is 0.327. The molecule has 1 amide bonds. The molecule has 0 aliphatic carbocycles. The maximum Gasteiger partial charge on any atom is 0.276 e. The summed E-state index contributed by atoms with van der Waals surface area (Å²) in [7, 11) is 0. The molecule has 0 saturated carbocycles. The van der Waals surface area contributed by atoms with E-state index in [2.05, 4.69) is 15.3 Å². The fourth-order valence-corrected chi connectivity index (χ4v) is 1.99. The van der Waals surface area contributed by atoms with Crippen LogP contribution < -0.4 is 11.1 Å². The molecule has 0 radical (unpaired) electrons. The topological polar surface area (TPSA) is 80.9 Å². The Morgan fingerprint density at radius 3 is 2.94 bits per heavy atom. The molecular weight excluding hydrogens is 260 g/mol. The van der Waals surface area contributed by atoms with Gasteiger partial charge in [-0.25, -0.2) is 9.97 Å². The van der Waals surface area contributed by atoms with Crippen LogP contribution in [0.5, 0.6) is 0 Å². The zero-order chi connectivity index (χ0) is 12.3. The normalized spacial score (nSPS) is 10.2. The summed E-state index contributed by atoms with van der Waals surface area (Å²) >= 11 is 7.06. The van der Waals surface area contributed by atoms with Crippen molar-refractivity contribution in [2.45, 2.75) is 6.54 Å². The van der Waals surface area contributed by atoms with Gasteiger partial charge in [-0.3, -0.25) is 4.79 Å². The minimum atomic E-state index is -0.323. The lowest BCUT2D eigenvalue weighted by Gasteiger charge is -2.01. The number of nitrogens with zero attached hydrogens (tertiary/aromatic N) is 2. The number of nitrogens with one attached hydrogen (secondary N) is 1. The van der Waals surface area contributed by atoms with Crippen molar-refractivity contribution in [2.24, 2.45) is 5.73 Å². The SMILES string of the molecule is NCc1nc(C(=O)Nc2cccc(Cl)n2)cs1. The van der Waals surface area contributed by atoms with Crippen molar-refractivity contribution in [3.8, 4) is 0 Å². The largest absolute Gasteiger partial charge is 0.325 e. The van der Waals surface area contributed by atoms with Crippen molar-refractivity contribution >= 4 is 34.7 Å². The molecule has 88 valence electrons. The molecule has 0 aliphatic heterocycles. The number of carbonyl (C=O) groups is 1. The van der Waals surface area contributed by atoms with Gasteiger partial charge < -0.3 is 11.1 Å². The number of thiazole rings is 1. The van der Waals surface area contributed by atoms with Crippen LogP contribution in [-0.4, -0.2) is 15.9 Å². The van der Waals surface area contributed by atoms with Gasteiger partial charge in [-0.05, 0) is 12.1 Å². The van der Waals surface area contributed by atoms with Crippen LogP contribution in [0.25, 0.3) is 0 Å². The van der Waals surface area contributed by atoms with E-state index in [9.17, 15) is 4.79 Å². The summed E-state index contributed by atoms with van der Waals surface area (Å²) in [6, 6.07) is 4.99. The molecule has 3 N–H and O–H groups in total. The summed E-state index contributed by atoms with van der Waals surface area (Å²) in [5.41, 5.74) is 5.75. The summed E-state index contributed by atoms with van der Waals surface area (Å²) in [4.78, 5) is 19.8. The van der Waals surface area contributed by atoms with E-state index in [1.807, 2.05) is 0 Å². The van der Waals surface area contributed by atoms with Gasteiger partial charge in [-0.2, -0.15) is 0 Å². The molecule has 2 aromatic rings. The van der Waals surface area contributed by atoms with Gasteiger partial charge in [0.2, 0.25) is 0 Å². The van der Waals surface area contributed by atoms with Crippen LogP contribution in [0.3, 0.4) is 0 Å². The van der Waals surface area contributed by atoms with E-state index >= 15 is 0 Å². The first-order valence-electron chi connectivity index (χ1n) is 4.77. The maximum atomic E-state index is 11.8. The summed E-state index contributed by atoms with van der Waals surface area (Å²) in [6.07, 6.45) is 0. The molecule has 0 aliphatic rings. The van der Waals surface area contributed by atoms with Crippen LogP contribution in [0.4, 0.5) is 5.82 Å². The van der Waals surface area contributed by atoms with Crippen molar-refractivity contribution in [2.75, 3.05) is 5.32 Å². The van der Waals surface area contributed by atoms with Gasteiger partial charge in [0.25, 0.3) is 5.91 Å². The number of anilines is 1. The van der Waals surface area contributed by atoms with Gasteiger partial charge in [0.15, 0.2) is 0 Å². The van der Waals surface area contributed by atoms with Gasteiger partial charge >= 0.3 is 0 Å². The number of halogens is 1. The number of hydrogen-bond donors (Lipinski definition) is 2. The van der Waals surface area contributed by atoms with E-state index in [1.54, 1.807) is 23.6 Å².